The third-order valence-electron chi connectivity index (χ3n) is 6.82. The zero-order chi connectivity index (χ0) is 16.0. The summed E-state index contributed by atoms with van der Waals surface area (Å²) in [5, 5.41) is 13.0. The first-order valence-electron chi connectivity index (χ1n) is 8.45. The Balaban J connectivity index is 1.81. The van der Waals surface area contributed by atoms with Gasteiger partial charge in [-0.2, -0.15) is 0 Å². The van der Waals surface area contributed by atoms with Crippen molar-refractivity contribution in [2.75, 3.05) is 20.7 Å². The second kappa shape index (κ2) is 4.08. The van der Waals surface area contributed by atoms with E-state index in [-0.39, 0.29) is 27.8 Å². The molecular weight excluding hydrogens is 294 g/mol. The number of carbonyl (C=O) groups is 1. The Hall–Kier alpha value is -1.59. The first-order valence-corrected chi connectivity index (χ1v) is 8.45. The average molecular weight is 315 g/mol. The minimum absolute atomic E-state index is 0.0368. The fraction of sp³-hybridized carbons (Fsp3) is 0.611. The van der Waals surface area contributed by atoms with E-state index in [0.29, 0.717) is 18.7 Å². The van der Waals surface area contributed by atoms with Gasteiger partial charge in [0.25, 0.3) is 0 Å². The fourth-order valence-corrected chi connectivity index (χ4v) is 5.83. The van der Waals surface area contributed by atoms with Gasteiger partial charge in [-0.15, -0.1) is 0 Å². The van der Waals surface area contributed by atoms with Crippen molar-refractivity contribution >= 4 is 5.78 Å². The molecule has 1 unspecified atom stereocenters. The molecule has 5 heteroatoms. The number of hydrogen-bond donors (Lipinski definition) is 0. The van der Waals surface area contributed by atoms with Crippen LogP contribution in [0.15, 0.2) is 12.1 Å². The topological polar surface area (TPSA) is 58.6 Å². The van der Waals surface area contributed by atoms with Crippen molar-refractivity contribution in [1.82, 2.24) is 0 Å². The molecule has 23 heavy (non-hydrogen) atoms. The van der Waals surface area contributed by atoms with Crippen molar-refractivity contribution in [1.29, 1.82) is 0 Å². The van der Waals surface area contributed by atoms with Crippen molar-refractivity contribution in [3.63, 3.8) is 0 Å². The van der Waals surface area contributed by atoms with E-state index in [0.717, 1.165) is 25.0 Å². The Bertz CT molecular complexity index is 728. The summed E-state index contributed by atoms with van der Waals surface area (Å²) in [5.41, 5.74) is 2.06. The number of rotatable bonds is 1. The maximum absolute atomic E-state index is 13.0. The highest BCUT2D eigenvalue weighted by Gasteiger charge is 2.68. The van der Waals surface area contributed by atoms with Gasteiger partial charge in [0.1, 0.15) is 0 Å². The number of piperidine rings is 1. The summed E-state index contributed by atoms with van der Waals surface area (Å²) < 4.78 is 11.5. The normalized spacial score (nSPS) is 42.9. The summed E-state index contributed by atoms with van der Waals surface area (Å²) in [4.78, 5) is 12.6. The predicted molar refractivity (Wildman–Crippen MR) is 83.3 cm³/mol. The van der Waals surface area contributed by atoms with Crippen molar-refractivity contribution in [3.8, 4) is 11.5 Å². The van der Waals surface area contributed by atoms with E-state index < -0.39 is 6.10 Å². The van der Waals surface area contributed by atoms with Crippen LogP contribution in [-0.4, -0.2) is 43.3 Å². The molecule has 1 spiro atoms. The number of ketones is 1. The molecule has 1 aromatic rings. The second-order valence-electron chi connectivity index (χ2n) is 7.70. The summed E-state index contributed by atoms with van der Waals surface area (Å²) >= 11 is 0. The monoisotopic (exact) mass is 315 g/mol. The fourth-order valence-electron chi connectivity index (χ4n) is 5.83. The number of methoxy groups -OCH3 is 1. The molecule has 122 valence electrons. The van der Waals surface area contributed by atoms with Gasteiger partial charge in [0.05, 0.1) is 32.2 Å². The lowest BCUT2D eigenvalue weighted by Gasteiger charge is -2.62. The van der Waals surface area contributed by atoms with Crippen LogP contribution in [0.5, 0.6) is 11.5 Å². The molecule has 0 N–H and O–H groups in total. The molecule has 0 amide bonds. The number of likely N-dealkylation sites (tertiary alicyclic amines) is 1. The van der Waals surface area contributed by atoms with Crippen LogP contribution in [0.1, 0.15) is 30.4 Å². The summed E-state index contributed by atoms with van der Waals surface area (Å²) in [7, 11) is 3.44. The van der Waals surface area contributed by atoms with Crippen LogP contribution in [0.3, 0.4) is 0 Å². The molecule has 2 bridgehead atoms. The predicted octanol–water partition coefficient (Wildman–Crippen LogP) is 1.95. The van der Waals surface area contributed by atoms with Gasteiger partial charge in [-0.3, -0.25) is 4.79 Å². The van der Waals surface area contributed by atoms with Crippen LogP contribution >= 0.6 is 0 Å². The number of carbonyl (C=O) groups excluding carboxylic acids is 1. The van der Waals surface area contributed by atoms with Crippen LogP contribution < -0.4 is 9.47 Å². The third-order valence-corrected chi connectivity index (χ3v) is 6.82. The number of quaternary nitrogens is 1. The van der Waals surface area contributed by atoms with E-state index >= 15 is 0 Å². The van der Waals surface area contributed by atoms with Gasteiger partial charge in [-0.05, 0) is 18.1 Å². The van der Waals surface area contributed by atoms with Crippen LogP contribution in [0.2, 0.25) is 0 Å². The number of nitrogens with zero attached hydrogens (tertiary/aromatic N) is 1. The van der Waals surface area contributed by atoms with Gasteiger partial charge >= 0.3 is 0 Å². The standard InChI is InChI=1S/C18H21NO4/c1-19(21)8-7-18-11-4-5-13(20)17(18)23-16-14(22-2)6-3-10(15(16)18)9-12(11)19/h3,6,11-12,17H,4-5,7-9H2,1-2H3/t11-,12+,17-,18-,19?/m0/s1. The molecule has 0 radical (unpaired) electrons. The smallest absolute Gasteiger partial charge is 0.174 e. The molecule has 0 aromatic heterocycles. The highest BCUT2D eigenvalue weighted by atomic mass is 16.5. The van der Waals surface area contributed by atoms with Gasteiger partial charge in [0, 0.05) is 30.7 Å². The first-order chi connectivity index (χ1) is 11.0. The lowest BCUT2D eigenvalue weighted by Crippen LogP contribution is -2.70. The van der Waals surface area contributed by atoms with Crippen LogP contribution in [0.4, 0.5) is 0 Å². The molecule has 1 saturated heterocycles. The zero-order valence-electron chi connectivity index (χ0n) is 13.5. The van der Waals surface area contributed by atoms with Crippen molar-refractivity contribution in [3.05, 3.63) is 28.5 Å². The van der Waals surface area contributed by atoms with Crippen LogP contribution in [-0.2, 0) is 16.6 Å². The van der Waals surface area contributed by atoms with Gasteiger partial charge in [0.15, 0.2) is 23.4 Å². The minimum atomic E-state index is -0.422. The Morgan fingerprint density at radius 1 is 1.43 bits per heavy atom. The lowest BCUT2D eigenvalue weighted by atomic mass is 9.51. The first kappa shape index (κ1) is 13.8. The SMILES string of the molecule is COc1ccc2c3c1O[C@H]1C(=O)CC[C@H]4[C@@H](C2)[N+](C)([O-])CC[C@]314. The largest absolute Gasteiger partial charge is 0.633 e. The highest BCUT2D eigenvalue weighted by molar-refractivity contribution is 5.89. The molecule has 1 aromatic carbocycles. The number of benzene rings is 1. The summed E-state index contributed by atoms with van der Waals surface area (Å²) in [6.07, 6.45) is 2.43. The molecule has 5 nitrogen and oxygen atoms in total. The van der Waals surface area contributed by atoms with E-state index in [1.807, 2.05) is 6.07 Å². The van der Waals surface area contributed by atoms with E-state index in [4.69, 9.17) is 9.47 Å². The van der Waals surface area contributed by atoms with Gasteiger partial charge in [-0.25, -0.2) is 0 Å². The van der Waals surface area contributed by atoms with Crippen LogP contribution in [0.25, 0.3) is 0 Å². The Morgan fingerprint density at radius 2 is 2.26 bits per heavy atom. The number of likely N-dealkylation sites (N-methyl/N-ethyl adjacent to an activating group) is 1. The molecule has 2 aliphatic heterocycles. The minimum Gasteiger partial charge on any atom is -0.633 e. The van der Waals surface area contributed by atoms with Crippen molar-refractivity contribution in [2.24, 2.45) is 5.92 Å². The summed E-state index contributed by atoms with van der Waals surface area (Å²) in [5.74, 6) is 1.90. The third kappa shape index (κ3) is 1.44. The molecule has 2 aliphatic carbocycles. The van der Waals surface area contributed by atoms with Crippen molar-refractivity contribution in [2.45, 2.75) is 43.2 Å². The Morgan fingerprint density at radius 3 is 3.04 bits per heavy atom. The van der Waals surface area contributed by atoms with E-state index in [1.165, 1.54) is 11.1 Å². The number of hydrogen-bond acceptors (Lipinski definition) is 4. The van der Waals surface area contributed by atoms with Gasteiger partial charge in [-0.1, -0.05) is 6.07 Å². The highest BCUT2D eigenvalue weighted by Crippen LogP contribution is 2.63. The molecule has 1 saturated carbocycles. The van der Waals surface area contributed by atoms with Gasteiger partial charge in [0.2, 0.25) is 0 Å². The molecule has 5 atom stereocenters. The van der Waals surface area contributed by atoms with E-state index in [2.05, 4.69) is 6.07 Å². The maximum Gasteiger partial charge on any atom is 0.174 e. The second-order valence-corrected chi connectivity index (χ2v) is 7.70. The number of hydroxylamine groups is 3. The van der Waals surface area contributed by atoms with Gasteiger partial charge < -0.3 is 19.3 Å². The van der Waals surface area contributed by atoms with E-state index in [1.54, 1.807) is 14.2 Å². The molecular formula is C18H21NO4. The van der Waals surface area contributed by atoms with E-state index in [9.17, 15) is 10.0 Å². The maximum atomic E-state index is 13.0. The zero-order valence-corrected chi connectivity index (χ0v) is 13.5. The number of ether oxygens (including phenoxy) is 2. The van der Waals surface area contributed by atoms with Crippen molar-refractivity contribution < 1.29 is 18.9 Å². The molecule has 2 fully saturated rings. The molecule has 2 heterocycles. The number of Topliss-reactive ketones (excluding diaryl/α,β-unsaturated/α-hetero) is 1. The molecule has 4 aliphatic rings. The Kier molecular flexibility index (Phi) is 2.45. The summed E-state index contributed by atoms with van der Waals surface area (Å²) in [6, 6.07) is 4.02. The quantitative estimate of drug-likeness (QED) is 0.587. The molecule has 5 rings (SSSR count). The Labute approximate surface area is 135 Å². The average Bonchev–Trinajstić information content (AvgIpc) is 2.88. The summed E-state index contributed by atoms with van der Waals surface area (Å²) in [6.45, 7) is 0.560. The van der Waals surface area contributed by atoms with Crippen LogP contribution in [0, 0.1) is 11.1 Å². The lowest BCUT2D eigenvalue weighted by molar-refractivity contribution is -0.899.